The van der Waals surface area contributed by atoms with Crippen LogP contribution in [0.15, 0.2) is 24.3 Å². The summed E-state index contributed by atoms with van der Waals surface area (Å²) in [5.41, 5.74) is 0.796. The Hall–Kier alpha value is -1.59. The van der Waals surface area contributed by atoms with E-state index in [1.165, 1.54) is 0 Å². The largest absolute Gasteiger partial charge is 0.492 e. The topological polar surface area (TPSA) is 53.6 Å². The fourth-order valence-corrected chi connectivity index (χ4v) is 1.68. The molecule has 0 fully saturated rings. The highest BCUT2D eigenvalue weighted by Gasteiger charge is 2.03. The highest BCUT2D eigenvalue weighted by Crippen LogP contribution is 2.15. The molecule has 0 aliphatic rings. The number of benzene rings is 1. The first-order valence-electron chi connectivity index (χ1n) is 7.38. The van der Waals surface area contributed by atoms with Gasteiger partial charge in [-0.2, -0.15) is 0 Å². The van der Waals surface area contributed by atoms with Crippen LogP contribution < -0.4 is 15.4 Å². The summed E-state index contributed by atoms with van der Waals surface area (Å²) in [5, 5.41) is 6.09. The van der Waals surface area contributed by atoms with Gasteiger partial charge in [-0.25, -0.2) is 0 Å². The van der Waals surface area contributed by atoms with Crippen molar-refractivity contribution in [1.29, 1.82) is 0 Å². The van der Waals surface area contributed by atoms with E-state index in [-0.39, 0.29) is 5.91 Å². The van der Waals surface area contributed by atoms with Crippen LogP contribution in [0.2, 0.25) is 0 Å². The molecular formula is C16H27N3O2. The summed E-state index contributed by atoms with van der Waals surface area (Å²) in [7, 11) is 4.02. The Labute approximate surface area is 127 Å². The lowest BCUT2D eigenvalue weighted by atomic mass is 10.3. The molecule has 0 saturated carbocycles. The van der Waals surface area contributed by atoms with Crippen molar-refractivity contribution in [3.05, 3.63) is 24.3 Å². The van der Waals surface area contributed by atoms with Gasteiger partial charge < -0.3 is 20.3 Å². The summed E-state index contributed by atoms with van der Waals surface area (Å²) in [5.74, 6) is 0.834. The number of nitrogens with zero attached hydrogens (tertiary/aromatic N) is 1. The smallest absolute Gasteiger partial charge is 0.225 e. The van der Waals surface area contributed by atoms with E-state index in [0.29, 0.717) is 25.6 Å². The number of carbonyl (C=O) groups excluding carboxylic acids is 1. The maximum atomic E-state index is 11.7. The van der Waals surface area contributed by atoms with Gasteiger partial charge in [0.1, 0.15) is 12.4 Å². The van der Waals surface area contributed by atoms with Crippen molar-refractivity contribution in [2.45, 2.75) is 26.3 Å². The summed E-state index contributed by atoms with van der Waals surface area (Å²) in [6.45, 7) is 6.34. The minimum atomic E-state index is 0.0180. The molecule has 1 aromatic rings. The van der Waals surface area contributed by atoms with E-state index in [9.17, 15) is 4.79 Å². The first-order chi connectivity index (χ1) is 9.97. The molecule has 0 radical (unpaired) electrons. The zero-order valence-corrected chi connectivity index (χ0v) is 13.5. The summed E-state index contributed by atoms with van der Waals surface area (Å²) < 4.78 is 5.60. The van der Waals surface area contributed by atoms with Crippen molar-refractivity contribution in [3.8, 4) is 5.75 Å². The van der Waals surface area contributed by atoms with E-state index in [0.717, 1.165) is 18.0 Å². The van der Waals surface area contributed by atoms with Crippen molar-refractivity contribution in [2.24, 2.45) is 0 Å². The monoisotopic (exact) mass is 293 g/mol. The first-order valence-corrected chi connectivity index (χ1v) is 7.38. The summed E-state index contributed by atoms with van der Waals surface area (Å²) in [6.07, 6.45) is 0.471. The quantitative estimate of drug-likeness (QED) is 0.731. The van der Waals surface area contributed by atoms with Crippen LogP contribution in [0.5, 0.6) is 5.75 Å². The van der Waals surface area contributed by atoms with Crippen molar-refractivity contribution in [1.82, 2.24) is 10.2 Å². The highest BCUT2D eigenvalue weighted by molar-refractivity contribution is 5.90. The number of likely N-dealkylation sites (N-methyl/N-ethyl adjacent to an activating group) is 1. The lowest BCUT2D eigenvalue weighted by molar-refractivity contribution is -0.116. The highest BCUT2D eigenvalue weighted by atomic mass is 16.5. The second-order valence-corrected chi connectivity index (χ2v) is 5.58. The van der Waals surface area contributed by atoms with Gasteiger partial charge in [0.2, 0.25) is 5.91 Å². The number of ether oxygens (including phenoxy) is 1. The van der Waals surface area contributed by atoms with E-state index in [4.69, 9.17) is 4.74 Å². The summed E-state index contributed by atoms with van der Waals surface area (Å²) in [6, 6.07) is 7.86. The summed E-state index contributed by atoms with van der Waals surface area (Å²) >= 11 is 0. The summed E-state index contributed by atoms with van der Waals surface area (Å²) in [4.78, 5) is 13.8. The number of carbonyl (C=O) groups is 1. The van der Waals surface area contributed by atoms with Gasteiger partial charge in [-0.15, -0.1) is 0 Å². The number of amides is 1. The number of rotatable bonds is 9. The maximum Gasteiger partial charge on any atom is 0.225 e. The molecule has 118 valence electrons. The lowest BCUT2D eigenvalue weighted by Crippen LogP contribution is -2.27. The predicted molar refractivity (Wildman–Crippen MR) is 86.9 cm³/mol. The van der Waals surface area contributed by atoms with Gasteiger partial charge in [0.05, 0.1) is 0 Å². The van der Waals surface area contributed by atoms with Gasteiger partial charge in [0.25, 0.3) is 0 Å². The molecule has 0 aliphatic carbocycles. The van der Waals surface area contributed by atoms with Crippen LogP contribution in [0.4, 0.5) is 5.69 Å². The predicted octanol–water partition coefficient (Wildman–Crippen LogP) is 1.95. The molecule has 21 heavy (non-hydrogen) atoms. The van der Waals surface area contributed by atoms with Gasteiger partial charge in [-0.1, -0.05) is 13.8 Å². The molecule has 0 aromatic heterocycles. The van der Waals surface area contributed by atoms with Crippen molar-refractivity contribution in [3.63, 3.8) is 0 Å². The molecule has 0 bridgehead atoms. The number of nitrogens with one attached hydrogen (secondary N) is 2. The second-order valence-electron chi connectivity index (χ2n) is 5.58. The zero-order valence-electron chi connectivity index (χ0n) is 13.5. The molecule has 2 N–H and O–H groups in total. The fraction of sp³-hybridized carbons (Fsp3) is 0.562. The molecule has 0 saturated heterocycles. The number of hydrogen-bond acceptors (Lipinski definition) is 4. The van der Waals surface area contributed by atoms with Crippen LogP contribution in [0.3, 0.4) is 0 Å². The van der Waals surface area contributed by atoms with Crippen LogP contribution in [0.1, 0.15) is 20.3 Å². The van der Waals surface area contributed by atoms with Gasteiger partial charge in [-0.05, 0) is 38.4 Å². The Bertz CT molecular complexity index is 416. The molecule has 1 aromatic carbocycles. The Morgan fingerprint density at radius 2 is 1.90 bits per heavy atom. The van der Waals surface area contributed by atoms with E-state index >= 15 is 0 Å². The third-order valence-corrected chi connectivity index (χ3v) is 2.85. The van der Waals surface area contributed by atoms with Crippen LogP contribution in [-0.2, 0) is 4.79 Å². The molecule has 5 heteroatoms. The number of anilines is 1. The molecule has 1 rings (SSSR count). The first kappa shape index (κ1) is 17.5. The average molecular weight is 293 g/mol. The minimum absolute atomic E-state index is 0.0180. The second kappa shape index (κ2) is 9.37. The Balaban J connectivity index is 2.31. The third-order valence-electron chi connectivity index (χ3n) is 2.85. The molecule has 0 spiro atoms. The van der Waals surface area contributed by atoms with Crippen LogP contribution in [0, 0.1) is 0 Å². The van der Waals surface area contributed by atoms with Crippen LogP contribution >= 0.6 is 0 Å². The lowest BCUT2D eigenvalue weighted by Gasteiger charge is -2.12. The Morgan fingerprint density at radius 1 is 1.24 bits per heavy atom. The molecule has 0 heterocycles. The normalized spacial score (nSPS) is 11.0. The van der Waals surface area contributed by atoms with E-state index in [1.807, 2.05) is 38.4 Å². The van der Waals surface area contributed by atoms with Crippen molar-refractivity contribution >= 4 is 11.6 Å². The molecule has 0 atom stereocenters. The SMILES string of the molecule is CC(C)NCCC(=O)Nc1ccc(OCCN(C)C)cc1. The average Bonchev–Trinajstić information content (AvgIpc) is 2.40. The molecule has 1 amide bonds. The molecule has 0 unspecified atom stereocenters. The van der Waals surface area contributed by atoms with Crippen LogP contribution in [0.25, 0.3) is 0 Å². The van der Waals surface area contributed by atoms with Gasteiger partial charge in [0, 0.05) is 31.2 Å². The zero-order chi connectivity index (χ0) is 15.7. The Kier molecular flexibility index (Phi) is 7.79. The van der Waals surface area contributed by atoms with E-state index in [2.05, 4.69) is 29.4 Å². The molecule has 5 nitrogen and oxygen atoms in total. The molecular weight excluding hydrogens is 266 g/mol. The van der Waals surface area contributed by atoms with E-state index < -0.39 is 0 Å². The third kappa shape index (κ3) is 8.32. The van der Waals surface area contributed by atoms with E-state index in [1.54, 1.807) is 0 Å². The van der Waals surface area contributed by atoms with Gasteiger partial charge in [-0.3, -0.25) is 4.79 Å². The maximum absolute atomic E-state index is 11.7. The van der Waals surface area contributed by atoms with Gasteiger partial charge >= 0.3 is 0 Å². The molecule has 0 aliphatic heterocycles. The number of hydrogen-bond donors (Lipinski definition) is 2. The van der Waals surface area contributed by atoms with Gasteiger partial charge in [0.15, 0.2) is 0 Å². The standard InChI is InChI=1S/C16H27N3O2/c1-13(2)17-10-9-16(20)18-14-5-7-15(8-6-14)21-12-11-19(3)4/h5-8,13,17H,9-12H2,1-4H3,(H,18,20). The minimum Gasteiger partial charge on any atom is -0.492 e. The Morgan fingerprint density at radius 3 is 2.48 bits per heavy atom. The van der Waals surface area contributed by atoms with Crippen molar-refractivity contribution < 1.29 is 9.53 Å². The van der Waals surface area contributed by atoms with Crippen LogP contribution in [-0.4, -0.2) is 50.6 Å². The van der Waals surface area contributed by atoms with Crippen molar-refractivity contribution in [2.75, 3.05) is 39.1 Å². The fourth-order valence-electron chi connectivity index (χ4n) is 1.68.